The van der Waals surface area contributed by atoms with Crippen molar-refractivity contribution >= 4 is 5.70 Å². The van der Waals surface area contributed by atoms with Crippen LogP contribution in [0.5, 0.6) is 0 Å². The van der Waals surface area contributed by atoms with Gasteiger partial charge in [0.2, 0.25) is 0 Å². The van der Waals surface area contributed by atoms with Crippen LogP contribution in [0.25, 0.3) is 16.8 Å². The third-order valence-corrected chi connectivity index (χ3v) is 4.46. The molecule has 0 bridgehead atoms. The van der Waals surface area contributed by atoms with Gasteiger partial charge >= 0.3 is 0 Å². The smallest absolute Gasteiger partial charge is 0.0925 e. The molecule has 0 unspecified atom stereocenters. The number of nitrogens with one attached hydrogen (secondary N) is 1. The van der Waals surface area contributed by atoms with E-state index in [9.17, 15) is 10.2 Å². The van der Waals surface area contributed by atoms with E-state index in [1.165, 1.54) is 0 Å². The molecule has 0 aliphatic rings. The lowest BCUT2D eigenvalue weighted by Gasteiger charge is -2.24. The van der Waals surface area contributed by atoms with Gasteiger partial charge in [-0.2, -0.15) is 0 Å². The van der Waals surface area contributed by atoms with Crippen molar-refractivity contribution in [1.29, 1.82) is 0 Å². The highest BCUT2D eigenvalue weighted by Gasteiger charge is 2.22. The number of rotatable bonds is 11. The third kappa shape index (κ3) is 6.05. The fraction of sp³-hybridized carbons (Fsp3) is 0.273. The summed E-state index contributed by atoms with van der Waals surface area (Å²) < 4.78 is 0. The fourth-order valence-electron chi connectivity index (χ4n) is 2.58. The molecule has 27 heavy (non-hydrogen) atoms. The number of hydrogen-bond donors (Lipinski definition) is 4. The van der Waals surface area contributed by atoms with Crippen molar-refractivity contribution in [2.24, 2.45) is 5.73 Å². The summed E-state index contributed by atoms with van der Waals surface area (Å²) in [6, 6.07) is 16.2. The summed E-state index contributed by atoms with van der Waals surface area (Å²) in [5.41, 5.74) is 12.7. The normalized spacial score (nSPS) is 11.2. The maximum absolute atomic E-state index is 9.27. The Labute approximate surface area is 160 Å². The first-order valence-corrected chi connectivity index (χ1v) is 8.89. The van der Waals surface area contributed by atoms with E-state index in [0.29, 0.717) is 25.1 Å². The SMILES string of the molecule is C=CCONC(=C)c1ccc(-c2ccc(CCC(N)(CO)CO)cc2)cc1. The molecule has 0 radical (unpaired) electrons. The average molecular weight is 368 g/mol. The van der Waals surface area contributed by atoms with Crippen LogP contribution in [0.4, 0.5) is 0 Å². The van der Waals surface area contributed by atoms with Gasteiger partial charge in [-0.1, -0.05) is 61.2 Å². The molecule has 5 N–H and O–H groups in total. The Bertz CT molecular complexity index is 735. The predicted molar refractivity (Wildman–Crippen MR) is 110 cm³/mol. The van der Waals surface area contributed by atoms with E-state index in [-0.39, 0.29) is 13.2 Å². The van der Waals surface area contributed by atoms with Gasteiger partial charge in [-0.25, -0.2) is 0 Å². The van der Waals surface area contributed by atoms with Gasteiger partial charge in [0, 0.05) is 0 Å². The molecule has 5 heteroatoms. The van der Waals surface area contributed by atoms with Crippen molar-refractivity contribution in [2.45, 2.75) is 18.4 Å². The molecule has 0 amide bonds. The van der Waals surface area contributed by atoms with Crippen LogP contribution in [0.3, 0.4) is 0 Å². The number of hydrogen-bond acceptors (Lipinski definition) is 5. The first-order chi connectivity index (χ1) is 13.0. The second-order valence-corrected chi connectivity index (χ2v) is 6.63. The molecule has 2 rings (SSSR count). The van der Waals surface area contributed by atoms with Crippen molar-refractivity contribution in [3.8, 4) is 11.1 Å². The van der Waals surface area contributed by atoms with E-state index in [1.807, 2.05) is 36.4 Å². The maximum Gasteiger partial charge on any atom is 0.0925 e. The second kappa shape index (κ2) is 10.0. The van der Waals surface area contributed by atoms with Crippen molar-refractivity contribution in [2.75, 3.05) is 19.8 Å². The molecular formula is C22H28N2O3. The summed E-state index contributed by atoms with van der Waals surface area (Å²) in [6.07, 6.45) is 2.89. The molecule has 0 heterocycles. The zero-order valence-electron chi connectivity index (χ0n) is 15.5. The van der Waals surface area contributed by atoms with Gasteiger partial charge in [-0.15, -0.1) is 6.58 Å². The van der Waals surface area contributed by atoms with Crippen LogP contribution in [-0.4, -0.2) is 35.6 Å². The molecule has 144 valence electrons. The summed E-state index contributed by atoms with van der Waals surface area (Å²) in [7, 11) is 0. The lowest BCUT2D eigenvalue weighted by Crippen LogP contribution is -2.47. The number of aliphatic hydroxyl groups is 2. The molecule has 0 fully saturated rings. The zero-order chi connectivity index (χ0) is 19.7. The van der Waals surface area contributed by atoms with E-state index in [2.05, 4.69) is 30.8 Å². The summed E-state index contributed by atoms with van der Waals surface area (Å²) in [5, 5.41) is 18.5. The predicted octanol–water partition coefficient (Wildman–Crippen LogP) is 2.65. The first-order valence-electron chi connectivity index (χ1n) is 8.89. The topological polar surface area (TPSA) is 87.7 Å². The minimum absolute atomic E-state index is 0.229. The summed E-state index contributed by atoms with van der Waals surface area (Å²) in [4.78, 5) is 5.18. The molecular weight excluding hydrogens is 340 g/mol. The van der Waals surface area contributed by atoms with Gasteiger partial charge in [-0.3, -0.25) is 10.3 Å². The molecule has 0 aliphatic heterocycles. The Morgan fingerprint density at radius 2 is 1.59 bits per heavy atom. The van der Waals surface area contributed by atoms with Crippen molar-refractivity contribution in [3.05, 3.63) is 78.9 Å². The quantitative estimate of drug-likeness (QED) is 0.278. The van der Waals surface area contributed by atoms with E-state index in [4.69, 9.17) is 10.6 Å². The summed E-state index contributed by atoms with van der Waals surface area (Å²) >= 11 is 0. The van der Waals surface area contributed by atoms with Gasteiger partial charge in [0.1, 0.15) is 0 Å². The fourth-order valence-corrected chi connectivity index (χ4v) is 2.58. The van der Waals surface area contributed by atoms with Crippen LogP contribution in [0.15, 0.2) is 67.8 Å². The minimum Gasteiger partial charge on any atom is -0.394 e. The van der Waals surface area contributed by atoms with Gasteiger partial charge in [0.15, 0.2) is 0 Å². The molecule has 0 aliphatic carbocycles. The zero-order valence-corrected chi connectivity index (χ0v) is 15.5. The van der Waals surface area contributed by atoms with E-state index >= 15 is 0 Å². The average Bonchev–Trinajstić information content (AvgIpc) is 2.72. The summed E-state index contributed by atoms with van der Waals surface area (Å²) in [6.45, 7) is 7.49. The highest BCUT2D eigenvalue weighted by molar-refractivity contribution is 5.68. The van der Waals surface area contributed by atoms with Crippen molar-refractivity contribution in [3.63, 3.8) is 0 Å². The Hall–Kier alpha value is -2.44. The van der Waals surface area contributed by atoms with E-state index in [0.717, 1.165) is 22.3 Å². The minimum atomic E-state index is -0.930. The number of benzene rings is 2. The molecule has 0 spiro atoms. The summed E-state index contributed by atoms with van der Waals surface area (Å²) in [5.74, 6) is 0. The Morgan fingerprint density at radius 1 is 1.04 bits per heavy atom. The number of aliphatic hydroxyl groups excluding tert-OH is 2. The van der Waals surface area contributed by atoms with Gasteiger partial charge in [-0.05, 0) is 35.1 Å². The Balaban J connectivity index is 1.98. The lowest BCUT2D eigenvalue weighted by molar-refractivity contribution is 0.104. The van der Waals surface area contributed by atoms with Crippen LogP contribution in [0.2, 0.25) is 0 Å². The van der Waals surface area contributed by atoms with Crippen LogP contribution >= 0.6 is 0 Å². The highest BCUT2D eigenvalue weighted by Crippen LogP contribution is 2.23. The van der Waals surface area contributed by atoms with Gasteiger partial charge < -0.3 is 15.9 Å². The highest BCUT2D eigenvalue weighted by atomic mass is 16.6. The lowest BCUT2D eigenvalue weighted by atomic mass is 9.93. The number of nitrogens with two attached hydrogens (primary N) is 1. The van der Waals surface area contributed by atoms with E-state index in [1.54, 1.807) is 6.08 Å². The Morgan fingerprint density at radius 3 is 2.11 bits per heavy atom. The first kappa shape index (κ1) is 20.9. The number of aryl methyl sites for hydroxylation is 1. The van der Waals surface area contributed by atoms with Crippen molar-refractivity contribution < 1.29 is 15.1 Å². The maximum atomic E-state index is 9.27. The molecule has 2 aromatic rings. The molecule has 0 saturated carbocycles. The molecule has 5 nitrogen and oxygen atoms in total. The van der Waals surface area contributed by atoms with Crippen molar-refractivity contribution in [1.82, 2.24) is 5.48 Å². The third-order valence-electron chi connectivity index (χ3n) is 4.46. The number of hydroxylamine groups is 1. The largest absolute Gasteiger partial charge is 0.394 e. The van der Waals surface area contributed by atoms with Crippen LogP contribution in [0.1, 0.15) is 17.5 Å². The molecule has 0 atom stereocenters. The van der Waals surface area contributed by atoms with E-state index < -0.39 is 5.54 Å². The standard InChI is InChI=1S/C22H28N2O3/c1-3-14-27-24-17(2)19-8-10-21(11-9-19)20-6-4-18(5-7-20)12-13-22(23,15-25)16-26/h3-11,24-26H,1-2,12-16,23H2. The van der Waals surface area contributed by atoms with Crippen LogP contribution < -0.4 is 11.2 Å². The van der Waals surface area contributed by atoms with Gasteiger partial charge in [0.05, 0.1) is 31.1 Å². The second-order valence-electron chi connectivity index (χ2n) is 6.63. The van der Waals surface area contributed by atoms with Crippen LogP contribution in [0, 0.1) is 0 Å². The van der Waals surface area contributed by atoms with Gasteiger partial charge in [0.25, 0.3) is 0 Å². The molecule has 0 aromatic heterocycles. The van der Waals surface area contributed by atoms with Crippen LogP contribution in [-0.2, 0) is 11.3 Å². The molecule has 0 saturated heterocycles. The molecule has 2 aromatic carbocycles. The Kier molecular flexibility index (Phi) is 7.76. The monoisotopic (exact) mass is 368 g/mol.